The van der Waals surface area contributed by atoms with Gasteiger partial charge in [-0.15, -0.1) is 11.3 Å². The molecule has 1 fully saturated rings. The molecule has 1 aliphatic rings. The molecule has 1 aromatic heterocycles. The zero-order valence-corrected chi connectivity index (χ0v) is 13.6. The molecule has 1 unspecified atom stereocenters. The van der Waals surface area contributed by atoms with Crippen molar-refractivity contribution >= 4 is 17.2 Å². The summed E-state index contributed by atoms with van der Waals surface area (Å²) in [5.74, 6) is -0.0542. The number of rotatable bonds is 4. The molecule has 1 aromatic carbocycles. The number of likely N-dealkylation sites (tertiary alicyclic amines) is 1. The van der Waals surface area contributed by atoms with Crippen LogP contribution >= 0.6 is 11.3 Å². The number of amides is 1. The van der Waals surface area contributed by atoms with Gasteiger partial charge in [-0.25, -0.2) is 4.98 Å². The van der Waals surface area contributed by atoms with E-state index in [4.69, 9.17) is 0 Å². The van der Waals surface area contributed by atoms with Gasteiger partial charge in [-0.3, -0.25) is 4.79 Å². The molecule has 0 bridgehead atoms. The van der Waals surface area contributed by atoms with Crippen LogP contribution in [0, 0.1) is 0 Å². The van der Waals surface area contributed by atoms with E-state index in [2.05, 4.69) is 4.98 Å². The van der Waals surface area contributed by atoms with Crippen molar-refractivity contribution in [2.75, 3.05) is 19.7 Å². The maximum atomic E-state index is 12.4. The first-order valence-electron chi connectivity index (χ1n) is 7.70. The third-order valence-electron chi connectivity index (χ3n) is 4.11. The van der Waals surface area contributed by atoms with Crippen LogP contribution in [0.1, 0.15) is 18.5 Å². The molecule has 3 rings (SSSR count). The molecule has 5 nitrogen and oxygen atoms in total. The number of hydrogen-bond donors (Lipinski definition) is 2. The van der Waals surface area contributed by atoms with Gasteiger partial charge in [0.2, 0.25) is 5.91 Å². The van der Waals surface area contributed by atoms with Crippen LogP contribution in [-0.2, 0) is 11.2 Å². The van der Waals surface area contributed by atoms with E-state index >= 15 is 0 Å². The van der Waals surface area contributed by atoms with Crippen molar-refractivity contribution in [2.45, 2.75) is 24.9 Å². The lowest BCUT2D eigenvalue weighted by molar-refractivity contribution is -0.140. The highest BCUT2D eigenvalue weighted by Crippen LogP contribution is 2.25. The fraction of sp³-hybridized carbons (Fsp3) is 0.412. The van der Waals surface area contributed by atoms with E-state index in [0.717, 1.165) is 16.3 Å². The van der Waals surface area contributed by atoms with Crippen molar-refractivity contribution in [1.29, 1.82) is 0 Å². The first-order chi connectivity index (χ1) is 11.1. The number of β-amino-alcohol motifs (C(OH)–C–C–N with tert-alkyl or cyclic N) is 1. The zero-order valence-electron chi connectivity index (χ0n) is 12.8. The molecule has 1 amide bonds. The van der Waals surface area contributed by atoms with Gasteiger partial charge in [0.15, 0.2) is 0 Å². The molecule has 23 heavy (non-hydrogen) atoms. The Hall–Kier alpha value is -1.76. The normalized spacial score (nSPS) is 21.4. The van der Waals surface area contributed by atoms with Crippen LogP contribution in [0.3, 0.4) is 0 Å². The smallest absolute Gasteiger partial charge is 0.228 e. The number of carbonyl (C=O) groups excluding carboxylic acids is 1. The summed E-state index contributed by atoms with van der Waals surface area (Å²) < 4.78 is 0. The minimum atomic E-state index is -1.16. The molecular weight excluding hydrogens is 312 g/mol. The lowest BCUT2D eigenvalue weighted by Crippen LogP contribution is -2.52. The molecule has 122 valence electrons. The molecular formula is C17H20N2O3S. The minimum Gasteiger partial charge on any atom is -0.393 e. The first kappa shape index (κ1) is 16.1. The summed E-state index contributed by atoms with van der Waals surface area (Å²) >= 11 is 1.52. The van der Waals surface area contributed by atoms with Gasteiger partial charge >= 0.3 is 0 Å². The van der Waals surface area contributed by atoms with E-state index in [1.807, 2.05) is 35.7 Å². The molecule has 0 spiro atoms. The number of nitrogens with zero attached hydrogens (tertiary/aromatic N) is 2. The van der Waals surface area contributed by atoms with Crippen LogP contribution in [-0.4, -0.2) is 51.3 Å². The Bertz CT molecular complexity index is 673. The lowest BCUT2D eigenvalue weighted by atomic mass is 9.93. The van der Waals surface area contributed by atoms with Crippen LogP contribution in [0.4, 0.5) is 0 Å². The third-order valence-corrected chi connectivity index (χ3v) is 5.05. The van der Waals surface area contributed by atoms with Crippen molar-refractivity contribution < 1.29 is 15.0 Å². The molecule has 0 radical (unpaired) electrons. The highest BCUT2D eigenvalue weighted by molar-refractivity contribution is 7.13. The Morgan fingerprint density at radius 1 is 1.35 bits per heavy atom. The summed E-state index contributed by atoms with van der Waals surface area (Å²) in [6.07, 6.45) is 1.46. The van der Waals surface area contributed by atoms with Crippen molar-refractivity contribution in [2.24, 2.45) is 0 Å². The molecule has 2 N–H and O–H groups in total. The van der Waals surface area contributed by atoms with Gasteiger partial charge in [-0.2, -0.15) is 0 Å². The monoisotopic (exact) mass is 332 g/mol. The molecule has 1 aliphatic heterocycles. The number of aliphatic hydroxyl groups is 2. The predicted octanol–water partition coefficient (Wildman–Crippen LogP) is 1.70. The second kappa shape index (κ2) is 6.78. The zero-order chi connectivity index (χ0) is 16.3. The largest absolute Gasteiger partial charge is 0.393 e. The molecule has 0 saturated carbocycles. The molecule has 1 saturated heterocycles. The van der Waals surface area contributed by atoms with E-state index in [1.165, 1.54) is 11.3 Å². The van der Waals surface area contributed by atoms with E-state index in [0.29, 0.717) is 19.4 Å². The van der Waals surface area contributed by atoms with Crippen molar-refractivity contribution in [3.63, 3.8) is 0 Å². The van der Waals surface area contributed by atoms with Gasteiger partial charge in [-0.05, 0) is 12.8 Å². The summed E-state index contributed by atoms with van der Waals surface area (Å²) in [6, 6.07) is 9.88. The minimum absolute atomic E-state index is 0.0542. The van der Waals surface area contributed by atoms with Crippen LogP contribution in [0.15, 0.2) is 35.7 Å². The molecule has 6 heteroatoms. The Labute approximate surface area is 139 Å². The summed E-state index contributed by atoms with van der Waals surface area (Å²) in [5, 5.41) is 22.2. The summed E-state index contributed by atoms with van der Waals surface area (Å²) in [6.45, 7) is 0.500. The van der Waals surface area contributed by atoms with Crippen LogP contribution in [0.25, 0.3) is 10.6 Å². The van der Waals surface area contributed by atoms with Crippen LogP contribution in [0.5, 0.6) is 0 Å². The van der Waals surface area contributed by atoms with Gasteiger partial charge in [0.1, 0.15) is 10.6 Å². The van der Waals surface area contributed by atoms with Gasteiger partial charge in [-0.1, -0.05) is 30.3 Å². The Morgan fingerprint density at radius 3 is 2.87 bits per heavy atom. The highest BCUT2D eigenvalue weighted by Gasteiger charge is 2.34. The second-order valence-electron chi connectivity index (χ2n) is 5.99. The van der Waals surface area contributed by atoms with Crippen LogP contribution < -0.4 is 0 Å². The fourth-order valence-electron chi connectivity index (χ4n) is 2.82. The number of thiazole rings is 1. The number of aromatic nitrogens is 1. The van der Waals surface area contributed by atoms with Gasteiger partial charge in [0, 0.05) is 17.5 Å². The number of piperidine rings is 1. The maximum Gasteiger partial charge on any atom is 0.228 e. The topological polar surface area (TPSA) is 73.7 Å². The van der Waals surface area contributed by atoms with Crippen LogP contribution in [0.2, 0.25) is 0 Å². The van der Waals surface area contributed by atoms with Gasteiger partial charge in [0.25, 0.3) is 0 Å². The molecule has 0 aliphatic carbocycles. The SMILES string of the molecule is O=C(Cc1csc(-c2ccccc2)n1)N1CCCC(O)(CO)C1. The quantitative estimate of drug-likeness (QED) is 0.894. The van der Waals surface area contributed by atoms with Crippen molar-refractivity contribution in [3.8, 4) is 10.6 Å². The molecule has 2 heterocycles. The Kier molecular flexibility index (Phi) is 4.75. The predicted molar refractivity (Wildman–Crippen MR) is 89.1 cm³/mol. The third kappa shape index (κ3) is 3.77. The standard InChI is InChI=1S/C17H20N2O3S/c20-12-17(22)7-4-8-19(11-17)15(21)9-14-10-23-16(18-14)13-5-2-1-3-6-13/h1-3,5-6,10,20,22H,4,7-9,11-12H2. The lowest BCUT2D eigenvalue weighted by Gasteiger charge is -2.38. The number of aliphatic hydroxyl groups excluding tert-OH is 1. The Balaban J connectivity index is 1.66. The van der Waals surface area contributed by atoms with E-state index in [-0.39, 0.29) is 25.5 Å². The van der Waals surface area contributed by atoms with Gasteiger partial charge < -0.3 is 15.1 Å². The van der Waals surface area contributed by atoms with Crippen molar-refractivity contribution in [1.82, 2.24) is 9.88 Å². The average molecular weight is 332 g/mol. The average Bonchev–Trinajstić information content (AvgIpc) is 3.04. The number of benzene rings is 1. The number of hydrogen-bond acceptors (Lipinski definition) is 5. The molecule has 2 aromatic rings. The summed E-state index contributed by atoms with van der Waals surface area (Å²) in [5.41, 5.74) is 0.631. The second-order valence-corrected chi connectivity index (χ2v) is 6.85. The van der Waals surface area contributed by atoms with Gasteiger partial charge in [0.05, 0.1) is 25.3 Å². The summed E-state index contributed by atoms with van der Waals surface area (Å²) in [7, 11) is 0. The Morgan fingerprint density at radius 2 is 2.13 bits per heavy atom. The number of carbonyl (C=O) groups is 1. The van der Waals surface area contributed by atoms with E-state index in [9.17, 15) is 15.0 Å². The fourth-order valence-corrected chi connectivity index (χ4v) is 3.65. The van der Waals surface area contributed by atoms with E-state index in [1.54, 1.807) is 4.90 Å². The van der Waals surface area contributed by atoms with E-state index < -0.39 is 5.60 Å². The molecule has 1 atom stereocenters. The summed E-state index contributed by atoms with van der Waals surface area (Å²) in [4.78, 5) is 18.6. The van der Waals surface area contributed by atoms with Crippen molar-refractivity contribution in [3.05, 3.63) is 41.4 Å². The maximum absolute atomic E-state index is 12.4. The highest BCUT2D eigenvalue weighted by atomic mass is 32.1. The first-order valence-corrected chi connectivity index (χ1v) is 8.58.